The normalized spacial score (nSPS) is 35.0. The van der Waals surface area contributed by atoms with Crippen molar-refractivity contribution in [3.05, 3.63) is 0 Å². The highest BCUT2D eigenvalue weighted by atomic mass is 15.2. The minimum Gasteiger partial charge on any atom is -0.312 e. The van der Waals surface area contributed by atoms with Gasteiger partial charge in [0.25, 0.3) is 0 Å². The smallest absolute Gasteiger partial charge is 0.0278 e. The monoisotopic (exact) mass is 280 g/mol. The maximum Gasteiger partial charge on any atom is 0.0278 e. The van der Waals surface area contributed by atoms with Crippen molar-refractivity contribution >= 4 is 0 Å². The molecule has 20 heavy (non-hydrogen) atoms. The molecule has 0 aromatic carbocycles. The van der Waals surface area contributed by atoms with Crippen LogP contribution in [0.2, 0.25) is 0 Å². The molecule has 0 amide bonds. The number of nitrogens with zero attached hydrogens (tertiary/aromatic N) is 1. The summed E-state index contributed by atoms with van der Waals surface area (Å²) in [5.74, 6) is 2.51. The first-order valence-corrected chi connectivity index (χ1v) is 9.02. The summed E-state index contributed by atoms with van der Waals surface area (Å²) >= 11 is 0. The highest BCUT2D eigenvalue weighted by Gasteiger charge is 2.42. The van der Waals surface area contributed by atoms with Crippen molar-refractivity contribution in [1.29, 1.82) is 0 Å². The summed E-state index contributed by atoms with van der Waals surface area (Å²) in [7, 11) is 0. The van der Waals surface area contributed by atoms with Gasteiger partial charge in [0, 0.05) is 24.7 Å². The van der Waals surface area contributed by atoms with E-state index in [9.17, 15) is 0 Å². The van der Waals surface area contributed by atoms with E-state index < -0.39 is 0 Å². The van der Waals surface area contributed by atoms with Crippen LogP contribution in [-0.4, -0.2) is 36.1 Å². The maximum atomic E-state index is 3.88. The molecule has 2 saturated carbocycles. The third-order valence-electron chi connectivity index (χ3n) is 5.06. The van der Waals surface area contributed by atoms with Gasteiger partial charge in [0.1, 0.15) is 0 Å². The molecule has 2 fully saturated rings. The molecule has 118 valence electrons. The predicted molar refractivity (Wildman–Crippen MR) is 88.0 cm³/mol. The molecule has 0 aliphatic heterocycles. The van der Waals surface area contributed by atoms with Crippen LogP contribution >= 0.6 is 0 Å². The van der Waals surface area contributed by atoms with Crippen LogP contribution in [0.25, 0.3) is 0 Å². The Balaban J connectivity index is 2.08. The molecule has 0 spiro atoms. The summed E-state index contributed by atoms with van der Waals surface area (Å²) in [4.78, 5) is 2.88. The number of rotatable bonds is 7. The Hall–Kier alpha value is -0.0800. The summed E-state index contributed by atoms with van der Waals surface area (Å²) in [6.45, 7) is 14.4. The summed E-state index contributed by atoms with van der Waals surface area (Å²) in [6.07, 6.45) is 6.91. The number of hydrogen-bond donors (Lipinski definition) is 1. The van der Waals surface area contributed by atoms with E-state index >= 15 is 0 Å². The van der Waals surface area contributed by atoms with E-state index in [1.54, 1.807) is 0 Å². The Morgan fingerprint density at radius 2 is 1.85 bits per heavy atom. The van der Waals surface area contributed by atoms with Gasteiger partial charge in [-0.2, -0.15) is 0 Å². The van der Waals surface area contributed by atoms with Crippen molar-refractivity contribution in [2.24, 2.45) is 17.8 Å². The largest absolute Gasteiger partial charge is 0.312 e. The molecular weight excluding hydrogens is 244 g/mol. The Morgan fingerprint density at radius 3 is 2.40 bits per heavy atom. The molecule has 0 aromatic rings. The summed E-state index contributed by atoms with van der Waals surface area (Å²) in [5, 5.41) is 3.88. The van der Waals surface area contributed by atoms with Gasteiger partial charge in [-0.3, -0.25) is 4.90 Å². The van der Waals surface area contributed by atoms with Crippen LogP contribution in [0.4, 0.5) is 0 Å². The molecule has 2 aliphatic carbocycles. The molecule has 2 nitrogen and oxygen atoms in total. The van der Waals surface area contributed by atoms with Crippen LogP contribution in [0.3, 0.4) is 0 Å². The Kier molecular flexibility index (Phi) is 5.92. The summed E-state index contributed by atoms with van der Waals surface area (Å²) in [5.41, 5.74) is 0. The van der Waals surface area contributed by atoms with Crippen molar-refractivity contribution in [1.82, 2.24) is 10.2 Å². The molecule has 2 heteroatoms. The van der Waals surface area contributed by atoms with Crippen LogP contribution in [0.15, 0.2) is 0 Å². The van der Waals surface area contributed by atoms with E-state index in [1.165, 1.54) is 45.2 Å². The minimum absolute atomic E-state index is 0.716. The quantitative estimate of drug-likeness (QED) is 0.760. The van der Waals surface area contributed by atoms with Gasteiger partial charge in [0.05, 0.1) is 0 Å². The Morgan fingerprint density at radius 1 is 1.15 bits per heavy atom. The molecule has 2 rings (SSSR count). The van der Waals surface area contributed by atoms with Crippen LogP contribution in [0, 0.1) is 17.8 Å². The second-order valence-corrected chi connectivity index (χ2v) is 7.93. The molecule has 4 atom stereocenters. The fourth-order valence-corrected chi connectivity index (χ4v) is 4.27. The van der Waals surface area contributed by atoms with E-state index in [0.717, 1.165) is 29.8 Å². The maximum absolute atomic E-state index is 3.88. The summed E-state index contributed by atoms with van der Waals surface area (Å²) in [6, 6.07) is 2.38. The molecule has 1 N–H and O–H groups in total. The third-order valence-corrected chi connectivity index (χ3v) is 5.06. The third kappa shape index (κ3) is 4.21. The summed E-state index contributed by atoms with van der Waals surface area (Å²) < 4.78 is 0. The van der Waals surface area contributed by atoms with Crippen LogP contribution < -0.4 is 5.32 Å². The molecule has 0 saturated heterocycles. The van der Waals surface area contributed by atoms with Crippen LogP contribution in [0.5, 0.6) is 0 Å². The van der Waals surface area contributed by atoms with Crippen molar-refractivity contribution in [3.63, 3.8) is 0 Å². The van der Waals surface area contributed by atoms with E-state index in [-0.39, 0.29) is 0 Å². The minimum atomic E-state index is 0.716. The highest BCUT2D eigenvalue weighted by molar-refractivity contribution is 4.99. The SMILES string of the molecule is CCCNC1CC(C)CC(C)C1N(CC(C)C)C1CC1. The van der Waals surface area contributed by atoms with E-state index in [4.69, 9.17) is 0 Å². The van der Waals surface area contributed by atoms with Crippen molar-refractivity contribution in [2.75, 3.05) is 13.1 Å². The molecule has 2 aliphatic rings. The first-order valence-electron chi connectivity index (χ1n) is 9.02. The molecule has 4 unspecified atom stereocenters. The van der Waals surface area contributed by atoms with Gasteiger partial charge in [-0.25, -0.2) is 0 Å². The van der Waals surface area contributed by atoms with Gasteiger partial charge >= 0.3 is 0 Å². The van der Waals surface area contributed by atoms with Gasteiger partial charge in [-0.1, -0.05) is 34.6 Å². The van der Waals surface area contributed by atoms with E-state index in [0.29, 0.717) is 6.04 Å². The lowest BCUT2D eigenvalue weighted by Crippen LogP contribution is -2.58. The molecule has 0 bridgehead atoms. The van der Waals surface area contributed by atoms with Gasteiger partial charge in [0.2, 0.25) is 0 Å². The van der Waals surface area contributed by atoms with Crippen LogP contribution in [-0.2, 0) is 0 Å². The van der Waals surface area contributed by atoms with Gasteiger partial charge in [-0.05, 0) is 56.4 Å². The van der Waals surface area contributed by atoms with Crippen molar-refractivity contribution < 1.29 is 0 Å². The topological polar surface area (TPSA) is 15.3 Å². The standard InChI is InChI=1S/C18H36N2/c1-6-9-19-17-11-14(4)10-15(5)18(17)20(12-13(2)3)16-7-8-16/h13-19H,6-12H2,1-5H3. The zero-order valence-corrected chi connectivity index (χ0v) is 14.4. The fourth-order valence-electron chi connectivity index (χ4n) is 4.27. The first kappa shape index (κ1) is 16.3. The highest BCUT2D eigenvalue weighted by Crippen LogP contribution is 2.38. The van der Waals surface area contributed by atoms with Gasteiger partial charge in [0.15, 0.2) is 0 Å². The first-order chi connectivity index (χ1) is 9.52. The lowest BCUT2D eigenvalue weighted by Gasteiger charge is -2.47. The zero-order chi connectivity index (χ0) is 14.7. The average Bonchev–Trinajstić information content (AvgIpc) is 3.17. The predicted octanol–water partition coefficient (Wildman–Crippen LogP) is 3.91. The molecular formula is C18H36N2. The zero-order valence-electron chi connectivity index (χ0n) is 14.4. The lowest BCUT2D eigenvalue weighted by atomic mass is 9.75. The van der Waals surface area contributed by atoms with Gasteiger partial charge in [-0.15, -0.1) is 0 Å². The Bertz CT molecular complexity index is 285. The fraction of sp³-hybridized carbons (Fsp3) is 1.00. The van der Waals surface area contributed by atoms with Crippen molar-refractivity contribution in [2.45, 2.75) is 84.8 Å². The number of nitrogens with one attached hydrogen (secondary N) is 1. The molecule has 0 heterocycles. The average molecular weight is 281 g/mol. The number of hydrogen-bond acceptors (Lipinski definition) is 2. The Labute approximate surface area is 126 Å². The van der Waals surface area contributed by atoms with E-state index in [2.05, 4.69) is 44.8 Å². The lowest BCUT2D eigenvalue weighted by molar-refractivity contribution is 0.0468. The van der Waals surface area contributed by atoms with E-state index in [1.807, 2.05) is 0 Å². The second-order valence-electron chi connectivity index (χ2n) is 7.93. The van der Waals surface area contributed by atoms with Crippen molar-refractivity contribution in [3.8, 4) is 0 Å². The molecule has 0 aromatic heterocycles. The molecule has 0 radical (unpaired) electrons. The van der Waals surface area contributed by atoms with Gasteiger partial charge < -0.3 is 5.32 Å². The van der Waals surface area contributed by atoms with Crippen LogP contribution in [0.1, 0.15) is 66.7 Å². The second kappa shape index (κ2) is 7.26.